The number of thiophene rings is 1. The van der Waals surface area contributed by atoms with Crippen LogP contribution in [0.5, 0.6) is 0 Å². The van der Waals surface area contributed by atoms with Crippen LogP contribution in [-0.4, -0.2) is 10.8 Å². The first-order valence-corrected chi connectivity index (χ1v) is 6.29. The highest BCUT2D eigenvalue weighted by Crippen LogP contribution is 2.21. The highest BCUT2D eigenvalue weighted by atomic mass is 79.9. The van der Waals surface area contributed by atoms with E-state index in [4.69, 9.17) is 0 Å². The van der Waals surface area contributed by atoms with Gasteiger partial charge in [0.15, 0.2) is 5.78 Å². The summed E-state index contributed by atoms with van der Waals surface area (Å²) in [5, 5.41) is 1.98. The maximum atomic E-state index is 11.7. The minimum Gasteiger partial charge on any atom is -0.289 e. The Morgan fingerprint density at radius 3 is 3.00 bits per heavy atom. The third kappa shape index (κ3) is 2.87. The monoisotopic (exact) mass is 293 g/mol. The maximum absolute atomic E-state index is 11.7. The van der Waals surface area contributed by atoms with Gasteiger partial charge in [-0.3, -0.25) is 9.78 Å². The summed E-state index contributed by atoms with van der Waals surface area (Å²) in [4.78, 5) is 15.6. The lowest BCUT2D eigenvalue weighted by atomic mass is 10.1. The smallest absolute Gasteiger partial charge is 0.187 e. The van der Waals surface area contributed by atoms with E-state index in [1.165, 1.54) is 0 Å². The molecule has 0 atom stereocenters. The van der Waals surface area contributed by atoms with Crippen LogP contribution in [0.1, 0.15) is 15.9 Å². The van der Waals surface area contributed by atoms with Crippen molar-refractivity contribution in [3.8, 4) is 0 Å². The summed E-state index contributed by atoms with van der Waals surface area (Å²) in [5.74, 6) is -0.0320. The summed E-state index contributed by atoms with van der Waals surface area (Å²) >= 11 is 4.97. The number of rotatable bonds is 3. The van der Waals surface area contributed by atoms with E-state index in [1.807, 2.05) is 11.4 Å². The second-order valence-corrected chi connectivity index (χ2v) is 5.41. The fourth-order valence-corrected chi connectivity index (χ4v) is 2.33. The SMILES string of the molecule is O=C(C=Cc1csc(Br)c1)c1cccnc1. The van der Waals surface area contributed by atoms with Gasteiger partial charge in [-0.25, -0.2) is 0 Å². The Balaban J connectivity index is 2.11. The predicted octanol–water partition coefficient (Wildman–Crippen LogP) is 3.80. The lowest BCUT2D eigenvalue weighted by Gasteiger charge is -1.92. The summed E-state index contributed by atoms with van der Waals surface area (Å²) in [5.41, 5.74) is 1.63. The molecule has 0 bridgehead atoms. The molecule has 80 valence electrons. The van der Waals surface area contributed by atoms with Gasteiger partial charge in [-0.15, -0.1) is 11.3 Å². The number of aromatic nitrogens is 1. The van der Waals surface area contributed by atoms with Crippen LogP contribution in [0.25, 0.3) is 6.08 Å². The lowest BCUT2D eigenvalue weighted by molar-refractivity contribution is 0.104. The van der Waals surface area contributed by atoms with Gasteiger partial charge in [-0.05, 0) is 51.1 Å². The van der Waals surface area contributed by atoms with E-state index >= 15 is 0 Å². The molecule has 2 aromatic rings. The molecule has 0 spiro atoms. The molecule has 16 heavy (non-hydrogen) atoms. The van der Waals surface area contributed by atoms with Crippen LogP contribution >= 0.6 is 27.3 Å². The second-order valence-electron chi connectivity index (χ2n) is 3.12. The average molecular weight is 294 g/mol. The molecule has 2 heterocycles. The third-order valence-corrected chi connectivity index (χ3v) is 3.48. The van der Waals surface area contributed by atoms with Crippen molar-refractivity contribution < 1.29 is 4.79 Å². The molecule has 0 aromatic carbocycles. The van der Waals surface area contributed by atoms with Crippen LogP contribution in [0.15, 0.2) is 45.8 Å². The van der Waals surface area contributed by atoms with Gasteiger partial charge in [0.2, 0.25) is 0 Å². The van der Waals surface area contributed by atoms with E-state index in [-0.39, 0.29) is 5.78 Å². The summed E-state index contributed by atoms with van der Waals surface area (Å²) in [6.45, 7) is 0. The Kier molecular flexibility index (Phi) is 3.64. The van der Waals surface area contributed by atoms with Gasteiger partial charge in [0.05, 0.1) is 3.79 Å². The fraction of sp³-hybridized carbons (Fsp3) is 0. The topological polar surface area (TPSA) is 30.0 Å². The third-order valence-electron chi connectivity index (χ3n) is 1.96. The maximum Gasteiger partial charge on any atom is 0.187 e. The number of hydrogen-bond acceptors (Lipinski definition) is 3. The highest BCUT2D eigenvalue weighted by molar-refractivity contribution is 9.11. The van der Waals surface area contributed by atoms with Crippen LogP contribution in [0.3, 0.4) is 0 Å². The van der Waals surface area contributed by atoms with E-state index < -0.39 is 0 Å². The van der Waals surface area contributed by atoms with Crippen molar-refractivity contribution in [1.29, 1.82) is 0 Å². The predicted molar refractivity (Wildman–Crippen MR) is 69.6 cm³/mol. The molecule has 0 radical (unpaired) electrons. The normalized spacial score (nSPS) is 10.8. The average Bonchev–Trinajstić information content (AvgIpc) is 2.73. The van der Waals surface area contributed by atoms with Crippen LogP contribution < -0.4 is 0 Å². The van der Waals surface area contributed by atoms with E-state index in [2.05, 4.69) is 20.9 Å². The Labute approximate surface area is 106 Å². The number of nitrogens with zero attached hydrogens (tertiary/aromatic N) is 1. The lowest BCUT2D eigenvalue weighted by Crippen LogP contribution is -1.93. The van der Waals surface area contributed by atoms with Gasteiger partial charge in [0.25, 0.3) is 0 Å². The van der Waals surface area contributed by atoms with Gasteiger partial charge in [0.1, 0.15) is 0 Å². The van der Waals surface area contributed by atoms with Gasteiger partial charge in [-0.2, -0.15) is 0 Å². The summed E-state index contributed by atoms with van der Waals surface area (Å²) in [7, 11) is 0. The highest BCUT2D eigenvalue weighted by Gasteiger charge is 2.00. The van der Waals surface area contributed by atoms with Crippen LogP contribution in [-0.2, 0) is 0 Å². The Morgan fingerprint density at radius 1 is 1.50 bits per heavy atom. The molecule has 0 N–H and O–H groups in total. The molecule has 2 nitrogen and oxygen atoms in total. The van der Waals surface area contributed by atoms with Crippen molar-refractivity contribution >= 4 is 39.1 Å². The van der Waals surface area contributed by atoms with Crippen molar-refractivity contribution in [3.05, 3.63) is 57.0 Å². The molecule has 2 aromatic heterocycles. The number of carbonyl (C=O) groups excluding carboxylic acids is 1. The van der Waals surface area contributed by atoms with Crippen LogP contribution in [0.4, 0.5) is 0 Å². The number of pyridine rings is 1. The first kappa shape index (κ1) is 11.2. The van der Waals surface area contributed by atoms with E-state index in [0.717, 1.165) is 9.35 Å². The van der Waals surface area contributed by atoms with Gasteiger partial charge in [-0.1, -0.05) is 6.08 Å². The van der Waals surface area contributed by atoms with Crippen molar-refractivity contribution in [2.45, 2.75) is 0 Å². The van der Waals surface area contributed by atoms with Gasteiger partial charge >= 0.3 is 0 Å². The zero-order valence-electron chi connectivity index (χ0n) is 8.26. The molecule has 0 amide bonds. The molecule has 2 rings (SSSR count). The summed E-state index contributed by atoms with van der Waals surface area (Å²) < 4.78 is 1.06. The number of hydrogen-bond donors (Lipinski definition) is 0. The number of ketones is 1. The van der Waals surface area contributed by atoms with E-state index in [0.29, 0.717) is 5.56 Å². The first-order valence-electron chi connectivity index (χ1n) is 4.62. The minimum absolute atomic E-state index is 0.0320. The second kappa shape index (κ2) is 5.18. The Morgan fingerprint density at radius 2 is 2.38 bits per heavy atom. The molecule has 4 heteroatoms. The van der Waals surface area contributed by atoms with Crippen molar-refractivity contribution in [3.63, 3.8) is 0 Å². The summed E-state index contributed by atoms with van der Waals surface area (Å²) in [6, 6.07) is 5.48. The largest absolute Gasteiger partial charge is 0.289 e. The molecule has 0 saturated carbocycles. The quantitative estimate of drug-likeness (QED) is 0.636. The molecule has 0 saturated heterocycles. The standard InChI is InChI=1S/C12H8BrNOS/c13-12-6-9(8-16-12)3-4-11(15)10-2-1-5-14-7-10/h1-8H. The van der Waals surface area contributed by atoms with E-state index in [1.54, 1.807) is 48.0 Å². The van der Waals surface area contributed by atoms with Crippen molar-refractivity contribution in [2.75, 3.05) is 0 Å². The zero-order chi connectivity index (χ0) is 11.4. The van der Waals surface area contributed by atoms with Crippen molar-refractivity contribution in [1.82, 2.24) is 4.98 Å². The molecule has 0 aliphatic heterocycles. The van der Waals surface area contributed by atoms with Gasteiger partial charge in [0, 0.05) is 18.0 Å². The van der Waals surface area contributed by atoms with Crippen molar-refractivity contribution in [2.24, 2.45) is 0 Å². The summed E-state index contributed by atoms with van der Waals surface area (Å²) in [6.07, 6.45) is 6.58. The zero-order valence-corrected chi connectivity index (χ0v) is 10.7. The Hall–Kier alpha value is -1.26. The van der Waals surface area contributed by atoms with E-state index in [9.17, 15) is 4.79 Å². The molecular formula is C12H8BrNOS. The Bertz CT molecular complexity index is 519. The molecule has 0 aliphatic rings. The molecule has 0 aliphatic carbocycles. The van der Waals surface area contributed by atoms with Crippen LogP contribution in [0, 0.1) is 0 Å². The fourth-order valence-electron chi connectivity index (χ4n) is 1.19. The first-order chi connectivity index (χ1) is 7.75. The number of allylic oxidation sites excluding steroid dienone is 1. The number of halogens is 1. The molecule has 0 fully saturated rings. The minimum atomic E-state index is -0.0320. The number of carbonyl (C=O) groups is 1. The molecule has 0 unspecified atom stereocenters. The van der Waals surface area contributed by atoms with Crippen LogP contribution in [0.2, 0.25) is 0 Å². The van der Waals surface area contributed by atoms with Gasteiger partial charge < -0.3 is 0 Å². The molecular weight excluding hydrogens is 286 g/mol.